The van der Waals surface area contributed by atoms with E-state index in [0.29, 0.717) is 25.1 Å². The van der Waals surface area contributed by atoms with Crippen molar-refractivity contribution in [1.82, 2.24) is 14.5 Å². The summed E-state index contributed by atoms with van der Waals surface area (Å²) in [5.41, 5.74) is 2.50. The first kappa shape index (κ1) is 24.6. The minimum absolute atomic E-state index is 0.215. The topological polar surface area (TPSA) is 102 Å². The van der Waals surface area contributed by atoms with Crippen LogP contribution in [0.15, 0.2) is 60.1 Å². The second kappa shape index (κ2) is 10.1. The van der Waals surface area contributed by atoms with Crippen LogP contribution in [0, 0.1) is 10.1 Å². The normalized spacial score (nSPS) is 15.1. The largest absolute Gasteiger partial charge is 0.573 e. The first-order valence-corrected chi connectivity index (χ1v) is 12.0. The van der Waals surface area contributed by atoms with Crippen LogP contribution in [0.4, 0.5) is 19.0 Å². The van der Waals surface area contributed by atoms with Gasteiger partial charge in [-0.05, 0) is 46.9 Å². The van der Waals surface area contributed by atoms with Gasteiger partial charge in [0.2, 0.25) is 0 Å². The monoisotopic (exact) mass is 532 g/mol. The molecule has 1 aliphatic heterocycles. The fourth-order valence-electron chi connectivity index (χ4n) is 3.76. The predicted octanol–water partition coefficient (Wildman–Crippen LogP) is 5.63. The summed E-state index contributed by atoms with van der Waals surface area (Å²) in [5.74, 6) is 0.137. The summed E-state index contributed by atoms with van der Waals surface area (Å²) in [6.45, 7) is 0.828. The van der Waals surface area contributed by atoms with Crippen LogP contribution < -0.4 is 14.2 Å². The predicted molar refractivity (Wildman–Crippen MR) is 127 cm³/mol. The van der Waals surface area contributed by atoms with Crippen LogP contribution in [-0.2, 0) is 13.0 Å². The van der Waals surface area contributed by atoms with Crippen molar-refractivity contribution in [3.05, 3.63) is 80.8 Å². The van der Waals surface area contributed by atoms with Gasteiger partial charge in [0, 0.05) is 35.3 Å². The minimum atomic E-state index is -4.72. The molecule has 2 aromatic heterocycles. The molecule has 0 N–H and O–H groups in total. The van der Waals surface area contributed by atoms with E-state index in [9.17, 15) is 23.3 Å². The van der Waals surface area contributed by atoms with E-state index in [-0.39, 0.29) is 30.3 Å². The summed E-state index contributed by atoms with van der Waals surface area (Å²) < 4.78 is 54.0. The zero-order chi connectivity index (χ0) is 26.0. The Balaban J connectivity index is 1.14. The molecule has 1 aliphatic rings. The average molecular weight is 532 g/mol. The van der Waals surface area contributed by atoms with Crippen LogP contribution in [0.5, 0.6) is 17.5 Å². The van der Waals surface area contributed by atoms with Gasteiger partial charge in [0.25, 0.3) is 0 Å². The lowest BCUT2D eigenvalue weighted by molar-refractivity contribution is -0.389. The van der Waals surface area contributed by atoms with E-state index in [2.05, 4.69) is 14.7 Å². The Labute approximate surface area is 212 Å². The molecule has 0 spiro atoms. The fourth-order valence-corrected chi connectivity index (χ4v) is 4.59. The van der Waals surface area contributed by atoms with Crippen LogP contribution >= 0.6 is 11.3 Å². The number of thiazole rings is 1. The molecule has 0 saturated carbocycles. The minimum Gasteiger partial charge on any atom is -0.490 e. The number of nitro groups is 1. The second-order valence-electron chi connectivity index (χ2n) is 8.19. The Bertz CT molecular complexity index is 1390. The van der Waals surface area contributed by atoms with Crippen LogP contribution in [0.3, 0.4) is 0 Å². The molecule has 0 amide bonds. The molecule has 1 atom stereocenters. The van der Waals surface area contributed by atoms with Crippen molar-refractivity contribution < 1.29 is 32.3 Å². The number of rotatable bonds is 8. The Kier molecular flexibility index (Phi) is 6.70. The number of aryl methyl sites for hydroxylation is 1. The zero-order valence-electron chi connectivity index (χ0n) is 19.1. The molecule has 2 aromatic carbocycles. The van der Waals surface area contributed by atoms with Crippen LogP contribution in [0.25, 0.3) is 11.3 Å². The molecule has 0 fully saturated rings. The first-order valence-electron chi connectivity index (χ1n) is 11.1. The van der Waals surface area contributed by atoms with E-state index < -0.39 is 11.3 Å². The summed E-state index contributed by atoms with van der Waals surface area (Å²) in [6.07, 6.45) is -2.51. The number of hydrogen-bond donors (Lipinski definition) is 0. The summed E-state index contributed by atoms with van der Waals surface area (Å²) in [4.78, 5) is 18.8. The molecule has 4 aromatic rings. The Morgan fingerprint density at radius 3 is 2.54 bits per heavy atom. The number of aromatic nitrogens is 3. The highest BCUT2D eigenvalue weighted by Crippen LogP contribution is 2.28. The van der Waals surface area contributed by atoms with E-state index in [0.717, 1.165) is 21.8 Å². The maximum Gasteiger partial charge on any atom is 0.573 e. The molecule has 0 saturated heterocycles. The molecule has 5 rings (SSSR count). The van der Waals surface area contributed by atoms with Crippen molar-refractivity contribution in [2.45, 2.75) is 31.9 Å². The lowest BCUT2D eigenvalue weighted by Gasteiger charge is -2.22. The number of benzene rings is 2. The summed E-state index contributed by atoms with van der Waals surface area (Å²) in [7, 11) is 0. The van der Waals surface area contributed by atoms with E-state index in [1.807, 2.05) is 29.6 Å². The molecule has 1 unspecified atom stereocenters. The summed E-state index contributed by atoms with van der Waals surface area (Å²) in [6, 6.07) is 13.4. The molecule has 0 bridgehead atoms. The van der Waals surface area contributed by atoms with Crippen molar-refractivity contribution in [3.63, 3.8) is 0 Å². The van der Waals surface area contributed by atoms with Crippen molar-refractivity contribution in [2.24, 2.45) is 0 Å². The van der Waals surface area contributed by atoms with Gasteiger partial charge in [-0.3, -0.25) is 4.57 Å². The van der Waals surface area contributed by atoms with Gasteiger partial charge < -0.3 is 24.3 Å². The lowest BCUT2D eigenvalue weighted by atomic mass is 10.1. The van der Waals surface area contributed by atoms with Crippen LogP contribution in [-0.4, -0.2) is 38.5 Å². The number of alkyl halides is 3. The van der Waals surface area contributed by atoms with Gasteiger partial charge in [-0.1, -0.05) is 12.1 Å². The van der Waals surface area contributed by atoms with Crippen molar-refractivity contribution in [1.29, 1.82) is 0 Å². The third-order valence-corrected chi connectivity index (χ3v) is 6.38. The van der Waals surface area contributed by atoms with E-state index in [1.165, 1.54) is 29.7 Å². The summed E-state index contributed by atoms with van der Waals surface area (Å²) >= 11 is 1.46. The van der Waals surface area contributed by atoms with E-state index in [1.54, 1.807) is 16.7 Å². The molecule has 13 heteroatoms. The van der Waals surface area contributed by atoms with Crippen LogP contribution in [0.2, 0.25) is 0 Å². The maximum absolute atomic E-state index is 12.3. The van der Waals surface area contributed by atoms with Crippen molar-refractivity contribution in [2.75, 3.05) is 6.61 Å². The molecule has 0 aliphatic carbocycles. The van der Waals surface area contributed by atoms with Gasteiger partial charge in [0.15, 0.2) is 0 Å². The van der Waals surface area contributed by atoms with Gasteiger partial charge in [-0.25, -0.2) is 4.98 Å². The smallest absolute Gasteiger partial charge is 0.490 e. The Morgan fingerprint density at radius 1 is 1.11 bits per heavy atom. The van der Waals surface area contributed by atoms with Crippen LogP contribution in [0.1, 0.15) is 17.0 Å². The average Bonchev–Trinajstić information content (AvgIpc) is 3.50. The molecule has 0 radical (unpaired) electrons. The number of imidazole rings is 1. The first-order chi connectivity index (χ1) is 17.7. The molecule has 3 heterocycles. The molecule has 192 valence electrons. The third kappa shape index (κ3) is 6.17. The number of hydrogen-bond acceptors (Lipinski definition) is 8. The SMILES string of the molecule is O=[N+]([O-])c1cn2c(n1)OC(COc1ccc(-c3csc(Cc4ccc(OC(F)(F)F)cc4)n3)cc1)CC2. The number of nitrogens with zero attached hydrogens (tertiary/aromatic N) is 4. The van der Waals surface area contributed by atoms with Gasteiger partial charge in [-0.15, -0.1) is 24.5 Å². The second-order valence-corrected chi connectivity index (χ2v) is 9.13. The van der Waals surface area contributed by atoms with Gasteiger partial charge in [0.1, 0.15) is 30.4 Å². The standard InChI is InChI=1S/C24H19F3N4O5S/c25-24(26,27)36-18-5-1-15(2-6-18)11-22-28-20(14-37-22)16-3-7-17(8-4-16)34-13-19-9-10-30-12-21(31(32)33)29-23(30)35-19/h1-8,12,14,19H,9-11,13H2. The van der Waals surface area contributed by atoms with Gasteiger partial charge in [-0.2, -0.15) is 0 Å². The molecule has 37 heavy (non-hydrogen) atoms. The third-order valence-electron chi connectivity index (χ3n) is 5.53. The van der Waals surface area contributed by atoms with E-state index in [4.69, 9.17) is 9.47 Å². The van der Waals surface area contributed by atoms with Gasteiger partial charge >= 0.3 is 18.2 Å². The number of ether oxygens (including phenoxy) is 3. The number of fused-ring (bicyclic) bond motifs is 1. The van der Waals surface area contributed by atoms with Gasteiger partial charge in [0.05, 0.1) is 10.7 Å². The quantitative estimate of drug-likeness (QED) is 0.214. The highest BCUT2D eigenvalue weighted by Gasteiger charge is 2.31. The lowest BCUT2D eigenvalue weighted by Crippen LogP contribution is -2.31. The van der Waals surface area contributed by atoms with E-state index >= 15 is 0 Å². The van der Waals surface area contributed by atoms with Crippen molar-refractivity contribution >= 4 is 17.2 Å². The summed E-state index contributed by atoms with van der Waals surface area (Å²) in [5, 5.41) is 13.6. The molecule has 9 nitrogen and oxygen atoms in total. The highest BCUT2D eigenvalue weighted by atomic mass is 32.1. The molecular weight excluding hydrogens is 513 g/mol. The Hall–Kier alpha value is -4.13. The molecular formula is C24H19F3N4O5S. The maximum atomic E-state index is 12.3. The zero-order valence-corrected chi connectivity index (χ0v) is 19.9. The Morgan fingerprint density at radius 2 is 1.84 bits per heavy atom. The highest BCUT2D eigenvalue weighted by molar-refractivity contribution is 7.10. The number of halogens is 3. The fraction of sp³-hybridized carbons (Fsp3) is 0.250. The van der Waals surface area contributed by atoms with Crippen molar-refractivity contribution in [3.8, 4) is 28.8 Å².